The number of unbranched alkanes of at least 4 members (excludes halogenated alkanes) is 6. The second-order valence-corrected chi connectivity index (χ2v) is 9.59. The molecule has 1 rings (SSSR count). The predicted molar refractivity (Wildman–Crippen MR) is 117 cm³/mol. The first kappa shape index (κ1) is 25.2. The molecule has 0 aromatic heterocycles. The van der Waals surface area contributed by atoms with Gasteiger partial charge in [0.25, 0.3) is 0 Å². The van der Waals surface area contributed by atoms with E-state index < -0.39 is 10.8 Å². The van der Waals surface area contributed by atoms with E-state index in [0.29, 0.717) is 0 Å². The summed E-state index contributed by atoms with van der Waals surface area (Å²) in [5.74, 6) is -0.518. The smallest absolute Gasteiger partial charge is 0.320 e. The number of hydrogen-bond acceptors (Lipinski definition) is 3. The lowest BCUT2D eigenvalue weighted by Crippen LogP contribution is -2.63. The van der Waals surface area contributed by atoms with Crippen molar-refractivity contribution in [2.75, 3.05) is 0 Å². The molecule has 0 aromatic rings. The zero-order chi connectivity index (χ0) is 21.3. The second kappa shape index (κ2) is 11.4. The maximum Gasteiger partial charge on any atom is 0.320 e. The zero-order valence-electron chi connectivity index (χ0n) is 19.6. The highest BCUT2D eigenvalue weighted by molar-refractivity contribution is 5.96. The fourth-order valence-electron chi connectivity index (χ4n) is 5.77. The molecule has 0 saturated carbocycles. The van der Waals surface area contributed by atoms with Gasteiger partial charge in [0.2, 0.25) is 0 Å². The summed E-state index contributed by atoms with van der Waals surface area (Å²) in [6, 6.07) is 0. The van der Waals surface area contributed by atoms with Gasteiger partial charge in [0.1, 0.15) is 0 Å². The van der Waals surface area contributed by atoms with Gasteiger partial charge in [-0.2, -0.15) is 0 Å². The van der Waals surface area contributed by atoms with Gasteiger partial charge in [-0.3, -0.25) is 9.59 Å². The van der Waals surface area contributed by atoms with E-state index in [9.17, 15) is 9.59 Å². The molecule has 0 bridgehead atoms. The summed E-state index contributed by atoms with van der Waals surface area (Å²) >= 11 is 0. The van der Waals surface area contributed by atoms with Gasteiger partial charge < -0.3 is 4.74 Å². The lowest BCUT2D eigenvalue weighted by molar-refractivity contribution is -0.216. The van der Waals surface area contributed by atoms with Crippen molar-refractivity contribution in [3.63, 3.8) is 0 Å². The molecule has 1 aliphatic heterocycles. The summed E-state index contributed by atoms with van der Waals surface area (Å²) in [4.78, 5) is 26.4. The summed E-state index contributed by atoms with van der Waals surface area (Å²) in [6.07, 6.45) is 14.7. The van der Waals surface area contributed by atoms with Crippen LogP contribution in [-0.4, -0.2) is 11.9 Å². The number of rotatable bonds is 14. The normalized spacial score (nSPS) is 27.1. The summed E-state index contributed by atoms with van der Waals surface area (Å²) < 4.78 is 5.51. The molecule has 2 atom stereocenters. The van der Waals surface area contributed by atoms with Gasteiger partial charge in [-0.15, -0.1) is 0 Å². The van der Waals surface area contributed by atoms with Crippen molar-refractivity contribution in [1.82, 2.24) is 0 Å². The lowest BCUT2D eigenvalue weighted by Gasteiger charge is -2.59. The van der Waals surface area contributed by atoms with Crippen molar-refractivity contribution in [2.45, 2.75) is 131 Å². The van der Waals surface area contributed by atoms with E-state index in [1.807, 2.05) is 13.8 Å². The van der Waals surface area contributed by atoms with Gasteiger partial charge in [-0.25, -0.2) is 0 Å². The van der Waals surface area contributed by atoms with E-state index in [1.54, 1.807) is 0 Å². The number of carbonyl (C=O) groups is 2. The average Bonchev–Trinajstić information content (AvgIpc) is 2.66. The molecule has 2 unspecified atom stereocenters. The molecule has 1 heterocycles. The minimum absolute atomic E-state index is 0.214. The van der Waals surface area contributed by atoms with Crippen molar-refractivity contribution in [1.29, 1.82) is 0 Å². The Morgan fingerprint density at radius 1 is 0.607 bits per heavy atom. The molecular weight excluding hydrogens is 348 g/mol. The highest BCUT2D eigenvalue weighted by atomic mass is 16.6. The first-order valence-corrected chi connectivity index (χ1v) is 12.1. The highest BCUT2D eigenvalue weighted by Gasteiger charge is 2.68. The molecular formula is C25H46O3. The second-order valence-electron chi connectivity index (χ2n) is 9.59. The van der Waals surface area contributed by atoms with Crippen molar-refractivity contribution in [3.8, 4) is 0 Å². The lowest BCUT2D eigenvalue weighted by atomic mass is 9.44. The quantitative estimate of drug-likeness (QED) is 0.173. The Balaban J connectivity index is 3.48. The molecule has 1 aliphatic rings. The standard InChI is InChI=1S/C25H46O3/c1-7-11-14-16-19-24(18-15-12-8-2)22(27)28-21(26)23(5,6)25(24,17-10-4)20-13-9-3/h7-20H2,1-6H3. The molecule has 0 N–H and O–H groups in total. The predicted octanol–water partition coefficient (Wildman–Crippen LogP) is 7.61. The van der Waals surface area contributed by atoms with Gasteiger partial charge >= 0.3 is 11.9 Å². The summed E-state index contributed by atoms with van der Waals surface area (Å²) in [7, 11) is 0. The van der Waals surface area contributed by atoms with E-state index in [0.717, 1.165) is 77.0 Å². The van der Waals surface area contributed by atoms with Gasteiger partial charge in [0.05, 0.1) is 10.8 Å². The third-order valence-corrected chi connectivity index (χ3v) is 7.50. The number of ether oxygens (including phenoxy) is 1. The van der Waals surface area contributed by atoms with Crippen LogP contribution in [0, 0.1) is 16.2 Å². The maximum absolute atomic E-state index is 13.5. The monoisotopic (exact) mass is 394 g/mol. The zero-order valence-corrected chi connectivity index (χ0v) is 19.6. The van der Waals surface area contributed by atoms with Crippen LogP contribution in [0.2, 0.25) is 0 Å². The van der Waals surface area contributed by atoms with E-state index >= 15 is 0 Å². The van der Waals surface area contributed by atoms with Crippen molar-refractivity contribution >= 4 is 11.9 Å². The average molecular weight is 395 g/mol. The Morgan fingerprint density at radius 2 is 1.14 bits per heavy atom. The van der Waals surface area contributed by atoms with E-state index in [4.69, 9.17) is 4.74 Å². The van der Waals surface area contributed by atoms with Crippen LogP contribution < -0.4 is 0 Å². The Bertz CT molecular complexity index is 496. The Labute approximate surface area is 174 Å². The van der Waals surface area contributed by atoms with Gasteiger partial charge in [0.15, 0.2) is 0 Å². The molecule has 3 heteroatoms. The fraction of sp³-hybridized carbons (Fsp3) is 0.920. The SMILES string of the molecule is CCCCCCC1(CCCCC)C(=O)OC(=O)C(C)(C)C1(CCC)CCCC. The number of cyclic esters (lactones) is 2. The first-order valence-electron chi connectivity index (χ1n) is 12.1. The van der Waals surface area contributed by atoms with Gasteiger partial charge in [-0.1, -0.05) is 91.9 Å². The Hall–Kier alpha value is -0.860. The molecule has 0 aliphatic carbocycles. The van der Waals surface area contributed by atoms with Gasteiger partial charge in [0, 0.05) is 5.41 Å². The van der Waals surface area contributed by atoms with Crippen LogP contribution >= 0.6 is 0 Å². The summed E-state index contributed by atoms with van der Waals surface area (Å²) in [6.45, 7) is 12.9. The maximum atomic E-state index is 13.5. The first-order chi connectivity index (χ1) is 13.3. The minimum Gasteiger partial charge on any atom is -0.392 e. The van der Waals surface area contributed by atoms with Crippen LogP contribution in [0.15, 0.2) is 0 Å². The Morgan fingerprint density at radius 3 is 1.68 bits per heavy atom. The molecule has 0 amide bonds. The molecule has 164 valence electrons. The molecule has 0 spiro atoms. The Kier molecular flexibility index (Phi) is 10.2. The van der Waals surface area contributed by atoms with E-state index in [2.05, 4.69) is 27.7 Å². The van der Waals surface area contributed by atoms with Crippen LogP contribution in [-0.2, 0) is 14.3 Å². The summed E-state index contributed by atoms with van der Waals surface area (Å²) in [5, 5.41) is 0. The van der Waals surface area contributed by atoms with E-state index in [-0.39, 0.29) is 17.4 Å². The van der Waals surface area contributed by atoms with Crippen molar-refractivity contribution in [2.24, 2.45) is 16.2 Å². The van der Waals surface area contributed by atoms with Crippen LogP contribution in [0.3, 0.4) is 0 Å². The molecule has 28 heavy (non-hydrogen) atoms. The molecule has 1 saturated heterocycles. The van der Waals surface area contributed by atoms with Crippen molar-refractivity contribution in [3.05, 3.63) is 0 Å². The van der Waals surface area contributed by atoms with Crippen LogP contribution in [0.5, 0.6) is 0 Å². The third kappa shape index (κ3) is 4.82. The van der Waals surface area contributed by atoms with Crippen LogP contribution in [0.4, 0.5) is 0 Å². The number of hydrogen-bond donors (Lipinski definition) is 0. The number of esters is 2. The third-order valence-electron chi connectivity index (χ3n) is 7.50. The summed E-state index contributed by atoms with van der Waals surface area (Å²) in [5.41, 5.74) is -1.43. The largest absolute Gasteiger partial charge is 0.392 e. The van der Waals surface area contributed by atoms with Crippen LogP contribution in [0.25, 0.3) is 0 Å². The van der Waals surface area contributed by atoms with Crippen LogP contribution in [0.1, 0.15) is 131 Å². The topological polar surface area (TPSA) is 43.4 Å². The van der Waals surface area contributed by atoms with Crippen molar-refractivity contribution < 1.29 is 14.3 Å². The highest BCUT2D eigenvalue weighted by Crippen LogP contribution is 2.65. The molecule has 0 radical (unpaired) electrons. The molecule has 1 fully saturated rings. The minimum atomic E-state index is -0.622. The molecule has 3 nitrogen and oxygen atoms in total. The van der Waals surface area contributed by atoms with Gasteiger partial charge in [-0.05, 0) is 39.5 Å². The fourth-order valence-corrected chi connectivity index (χ4v) is 5.77. The van der Waals surface area contributed by atoms with E-state index in [1.165, 1.54) is 12.8 Å². The molecule has 0 aromatic carbocycles. The number of carbonyl (C=O) groups excluding carboxylic acids is 2.